The second-order valence-electron chi connectivity index (χ2n) is 4.96. The van der Waals surface area contributed by atoms with Gasteiger partial charge in [-0.2, -0.15) is 0 Å². The molecule has 0 unspecified atom stereocenters. The molecule has 0 saturated heterocycles. The highest BCUT2D eigenvalue weighted by atomic mass is 16.5. The Morgan fingerprint density at radius 3 is 2.29 bits per heavy atom. The lowest BCUT2D eigenvalue weighted by Crippen LogP contribution is -2.31. The number of benzene rings is 1. The molecule has 1 aromatic heterocycles. The molecule has 110 valence electrons. The topological polar surface area (TPSA) is 73.5 Å². The molecule has 1 aromatic carbocycles. The highest BCUT2D eigenvalue weighted by Crippen LogP contribution is 2.33. The third-order valence-corrected chi connectivity index (χ3v) is 3.66. The Kier molecular flexibility index (Phi) is 3.51. The lowest BCUT2D eigenvalue weighted by molar-refractivity contribution is 0.353. The molecule has 0 fully saturated rings. The summed E-state index contributed by atoms with van der Waals surface area (Å²) in [5, 5.41) is 0. The summed E-state index contributed by atoms with van der Waals surface area (Å²) in [6.07, 6.45) is 4.18. The first-order valence-electron chi connectivity index (χ1n) is 6.77. The number of hydrogen-bond acceptors (Lipinski definition) is 6. The van der Waals surface area contributed by atoms with Crippen molar-refractivity contribution < 1.29 is 9.47 Å². The van der Waals surface area contributed by atoms with E-state index >= 15 is 0 Å². The van der Waals surface area contributed by atoms with Gasteiger partial charge in [-0.3, -0.25) is 0 Å². The number of ether oxygens (including phenoxy) is 2. The highest BCUT2D eigenvalue weighted by Gasteiger charge is 2.21. The van der Waals surface area contributed by atoms with E-state index in [-0.39, 0.29) is 0 Å². The number of hydrogen-bond donors (Lipinski definition) is 1. The monoisotopic (exact) mass is 286 g/mol. The molecule has 0 saturated carbocycles. The van der Waals surface area contributed by atoms with Gasteiger partial charge in [-0.25, -0.2) is 9.97 Å². The van der Waals surface area contributed by atoms with Crippen LogP contribution in [0.1, 0.15) is 11.1 Å². The minimum Gasteiger partial charge on any atom is -0.493 e. The molecule has 21 heavy (non-hydrogen) atoms. The maximum absolute atomic E-state index is 5.63. The molecule has 0 aliphatic carbocycles. The summed E-state index contributed by atoms with van der Waals surface area (Å²) in [6, 6.07) is 4.08. The fourth-order valence-electron chi connectivity index (χ4n) is 2.55. The van der Waals surface area contributed by atoms with Gasteiger partial charge in [0.15, 0.2) is 11.5 Å². The molecule has 0 amide bonds. The predicted octanol–water partition coefficient (Wildman–Crippen LogP) is 1.64. The molecular formula is C15H18N4O2. The Balaban J connectivity index is 1.89. The molecule has 6 nitrogen and oxygen atoms in total. The minimum atomic E-state index is 0.572. The van der Waals surface area contributed by atoms with E-state index in [1.807, 2.05) is 6.07 Å². The van der Waals surface area contributed by atoms with Crippen LogP contribution >= 0.6 is 0 Å². The smallest absolute Gasteiger partial charge is 0.225 e. The van der Waals surface area contributed by atoms with E-state index in [0.29, 0.717) is 11.6 Å². The second kappa shape index (κ2) is 5.47. The van der Waals surface area contributed by atoms with Crippen molar-refractivity contribution in [2.24, 2.45) is 0 Å². The summed E-state index contributed by atoms with van der Waals surface area (Å²) >= 11 is 0. The van der Waals surface area contributed by atoms with Gasteiger partial charge < -0.3 is 20.1 Å². The van der Waals surface area contributed by atoms with Crippen LogP contribution < -0.4 is 20.1 Å². The van der Waals surface area contributed by atoms with Crippen LogP contribution in [0.25, 0.3) is 0 Å². The first-order valence-corrected chi connectivity index (χ1v) is 6.77. The number of aromatic nitrogens is 2. The van der Waals surface area contributed by atoms with Gasteiger partial charge in [-0.15, -0.1) is 0 Å². The zero-order valence-electron chi connectivity index (χ0n) is 12.2. The zero-order chi connectivity index (χ0) is 14.8. The molecular weight excluding hydrogens is 268 g/mol. The predicted molar refractivity (Wildman–Crippen MR) is 80.7 cm³/mol. The number of rotatable bonds is 3. The molecule has 0 spiro atoms. The third kappa shape index (κ3) is 2.56. The molecule has 1 aliphatic rings. The van der Waals surface area contributed by atoms with Gasteiger partial charge in [-0.05, 0) is 29.7 Å². The summed E-state index contributed by atoms with van der Waals surface area (Å²) in [5.41, 5.74) is 8.69. The molecule has 2 heterocycles. The van der Waals surface area contributed by atoms with Gasteiger partial charge in [0.05, 0.1) is 32.3 Å². The van der Waals surface area contributed by atoms with E-state index < -0.39 is 0 Å². The normalized spacial score (nSPS) is 13.7. The Morgan fingerprint density at radius 2 is 1.67 bits per heavy atom. The van der Waals surface area contributed by atoms with Gasteiger partial charge in [-0.1, -0.05) is 0 Å². The summed E-state index contributed by atoms with van der Waals surface area (Å²) < 4.78 is 10.7. The number of nitrogens with two attached hydrogens (primary N) is 1. The van der Waals surface area contributed by atoms with Gasteiger partial charge in [0.1, 0.15) is 0 Å². The van der Waals surface area contributed by atoms with Crippen molar-refractivity contribution in [2.45, 2.75) is 13.0 Å². The standard InChI is InChI=1S/C15H18N4O2/c1-20-13-5-10-3-4-19(9-11(10)6-14(13)21-2)15-17-7-12(16)8-18-15/h5-8H,3-4,9,16H2,1-2H3. The van der Waals surface area contributed by atoms with E-state index in [2.05, 4.69) is 20.9 Å². The largest absolute Gasteiger partial charge is 0.493 e. The number of anilines is 2. The number of nitrogen functional groups attached to an aromatic ring is 1. The zero-order valence-corrected chi connectivity index (χ0v) is 12.2. The fraction of sp³-hybridized carbons (Fsp3) is 0.333. The van der Waals surface area contributed by atoms with Crippen LogP contribution in [0.3, 0.4) is 0 Å². The van der Waals surface area contributed by atoms with Gasteiger partial charge >= 0.3 is 0 Å². The quantitative estimate of drug-likeness (QED) is 0.924. The van der Waals surface area contributed by atoms with Crippen LogP contribution in [0.15, 0.2) is 24.5 Å². The minimum absolute atomic E-state index is 0.572. The molecule has 2 aromatic rings. The summed E-state index contributed by atoms with van der Waals surface area (Å²) in [7, 11) is 3.30. The maximum Gasteiger partial charge on any atom is 0.225 e. The van der Waals surface area contributed by atoms with Crippen molar-refractivity contribution in [2.75, 3.05) is 31.4 Å². The van der Waals surface area contributed by atoms with Crippen LogP contribution in [0.5, 0.6) is 11.5 Å². The van der Waals surface area contributed by atoms with Crippen molar-refractivity contribution in [3.05, 3.63) is 35.7 Å². The highest BCUT2D eigenvalue weighted by molar-refractivity contribution is 5.51. The van der Waals surface area contributed by atoms with Gasteiger partial charge in [0.2, 0.25) is 5.95 Å². The Bertz CT molecular complexity index is 643. The van der Waals surface area contributed by atoms with Gasteiger partial charge in [0.25, 0.3) is 0 Å². The average Bonchev–Trinajstić information content (AvgIpc) is 2.53. The molecule has 1 aliphatic heterocycles. The Hall–Kier alpha value is -2.50. The number of methoxy groups -OCH3 is 2. The van der Waals surface area contributed by atoms with Crippen LogP contribution in [0.2, 0.25) is 0 Å². The van der Waals surface area contributed by atoms with Crippen molar-refractivity contribution in [1.29, 1.82) is 0 Å². The lowest BCUT2D eigenvalue weighted by Gasteiger charge is -2.29. The van der Waals surface area contributed by atoms with Crippen LogP contribution in [-0.4, -0.2) is 30.7 Å². The van der Waals surface area contributed by atoms with Crippen molar-refractivity contribution in [1.82, 2.24) is 9.97 Å². The Labute approximate surface area is 123 Å². The molecule has 3 rings (SSSR count). The van der Waals surface area contributed by atoms with Crippen LogP contribution in [0.4, 0.5) is 11.6 Å². The Morgan fingerprint density at radius 1 is 1.05 bits per heavy atom. The second-order valence-corrected chi connectivity index (χ2v) is 4.96. The summed E-state index contributed by atoms with van der Waals surface area (Å²) in [6.45, 7) is 1.62. The lowest BCUT2D eigenvalue weighted by atomic mass is 9.99. The average molecular weight is 286 g/mol. The fourth-order valence-corrected chi connectivity index (χ4v) is 2.55. The van der Waals surface area contributed by atoms with Crippen LogP contribution in [0, 0.1) is 0 Å². The third-order valence-electron chi connectivity index (χ3n) is 3.66. The molecule has 0 bridgehead atoms. The van der Waals surface area contributed by atoms with E-state index in [0.717, 1.165) is 31.0 Å². The first kappa shape index (κ1) is 13.5. The van der Waals surface area contributed by atoms with E-state index in [9.17, 15) is 0 Å². The van der Waals surface area contributed by atoms with E-state index in [1.165, 1.54) is 11.1 Å². The van der Waals surface area contributed by atoms with Crippen molar-refractivity contribution in [3.8, 4) is 11.5 Å². The molecule has 6 heteroatoms. The number of nitrogens with zero attached hydrogens (tertiary/aromatic N) is 3. The van der Waals surface area contributed by atoms with Crippen molar-refractivity contribution >= 4 is 11.6 Å². The van der Waals surface area contributed by atoms with Crippen LogP contribution in [-0.2, 0) is 13.0 Å². The van der Waals surface area contributed by atoms with Crippen molar-refractivity contribution in [3.63, 3.8) is 0 Å². The SMILES string of the molecule is COc1cc2c(cc1OC)CN(c1ncc(N)cn1)CC2. The molecule has 0 atom stereocenters. The van der Waals surface area contributed by atoms with E-state index in [4.69, 9.17) is 15.2 Å². The first-order chi connectivity index (χ1) is 10.2. The van der Waals surface area contributed by atoms with E-state index in [1.54, 1.807) is 26.6 Å². The number of fused-ring (bicyclic) bond motifs is 1. The summed E-state index contributed by atoms with van der Waals surface area (Å²) in [4.78, 5) is 10.7. The van der Waals surface area contributed by atoms with Gasteiger partial charge in [0, 0.05) is 13.1 Å². The molecule has 2 N–H and O–H groups in total. The molecule has 0 radical (unpaired) electrons. The maximum atomic E-state index is 5.63. The summed E-state index contributed by atoms with van der Waals surface area (Å²) in [5.74, 6) is 2.22.